The Morgan fingerprint density at radius 1 is 1.50 bits per heavy atom. The third-order valence-electron chi connectivity index (χ3n) is 3.39. The number of nitrogens with one attached hydrogen (secondary N) is 1. The van der Waals surface area contributed by atoms with Crippen molar-refractivity contribution in [1.29, 1.82) is 0 Å². The summed E-state index contributed by atoms with van der Waals surface area (Å²) >= 11 is 0. The van der Waals surface area contributed by atoms with E-state index in [0.29, 0.717) is 31.3 Å². The molecule has 0 unspecified atom stereocenters. The number of rotatable bonds is 9. The molecule has 1 saturated carbocycles. The Balaban J connectivity index is 1.84. The van der Waals surface area contributed by atoms with Gasteiger partial charge in [0, 0.05) is 31.7 Å². The van der Waals surface area contributed by atoms with E-state index in [1.165, 1.54) is 0 Å². The lowest BCUT2D eigenvalue weighted by atomic mass is 10.3. The normalized spacial score (nSPS) is 13.9. The van der Waals surface area contributed by atoms with Gasteiger partial charge in [-0.05, 0) is 33.1 Å². The molecule has 2 rings (SSSR count). The number of aryl methyl sites for hydroxylation is 1. The van der Waals surface area contributed by atoms with E-state index in [2.05, 4.69) is 10.5 Å². The van der Waals surface area contributed by atoms with Crippen LogP contribution in [-0.2, 0) is 14.3 Å². The molecule has 0 spiro atoms. The van der Waals surface area contributed by atoms with E-state index in [1.807, 2.05) is 6.92 Å². The van der Waals surface area contributed by atoms with Crippen molar-refractivity contribution in [3.63, 3.8) is 0 Å². The number of ether oxygens (including phenoxy) is 1. The molecule has 0 saturated heterocycles. The number of hydrogen-bond acceptors (Lipinski definition) is 5. The Morgan fingerprint density at radius 2 is 2.27 bits per heavy atom. The minimum Gasteiger partial charge on any atom is -0.382 e. The molecule has 1 N–H and O–H groups in total. The Morgan fingerprint density at radius 3 is 2.86 bits per heavy atom. The molecule has 7 nitrogen and oxygen atoms in total. The Labute approximate surface area is 130 Å². The summed E-state index contributed by atoms with van der Waals surface area (Å²) in [7, 11) is 0. The summed E-state index contributed by atoms with van der Waals surface area (Å²) in [6, 6.07) is 1.64. The highest BCUT2D eigenvalue weighted by atomic mass is 16.5. The van der Waals surface area contributed by atoms with E-state index < -0.39 is 0 Å². The standard InChI is InChI=1S/C15H23N3O4/c1-3-21-8-4-7-18(15(20)12-5-6-12)10-14(19)16-13-9-11(2)22-17-13/h9,12H,3-8,10H2,1-2H3,(H,16,17,19). The van der Waals surface area contributed by atoms with Crippen molar-refractivity contribution in [3.8, 4) is 0 Å². The van der Waals surface area contributed by atoms with Gasteiger partial charge in [0.2, 0.25) is 11.8 Å². The van der Waals surface area contributed by atoms with Gasteiger partial charge in [-0.3, -0.25) is 9.59 Å². The molecular weight excluding hydrogens is 286 g/mol. The van der Waals surface area contributed by atoms with E-state index in [1.54, 1.807) is 17.9 Å². The SMILES string of the molecule is CCOCCCN(CC(=O)Nc1cc(C)on1)C(=O)C1CC1. The van der Waals surface area contributed by atoms with Crippen LogP contribution in [0.2, 0.25) is 0 Å². The lowest BCUT2D eigenvalue weighted by molar-refractivity contribution is -0.136. The monoisotopic (exact) mass is 309 g/mol. The zero-order chi connectivity index (χ0) is 15.9. The van der Waals surface area contributed by atoms with Crippen LogP contribution in [-0.4, -0.2) is 48.2 Å². The van der Waals surface area contributed by atoms with Crippen molar-refractivity contribution in [2.45, 2.75) is 33.1 Å². The fourth-order valence-electron chi connectivity index (χ4n) is 2.14. The van der Waals surface area contributed by atoms with Crippen molar-refractivity contribution in [2.24, 2.45) is 5.92 Å². The molecule has 0 atom stereocenters. The molecule has 0 bridgehead atoms. The maximum atomic E-state index is 12.2. The molecule has 7 heteroatoms. The van der Waals surface area contributed by atoms with Gasteiger partial charge in [0.1, 0.15) is 5.76 Å². The van der Waals surface area contributed by atoms with Gasteiger partial charge < -0.3 is 19.5 Å². The summed E-state index contributed by atoms with van der Waals surface area (Å²) in [5.41, 5.74) is 0. The van der Waals surface area contributed by atoms with Gasteiger partial charge in [-0.25, -0.2) is 0 Å². The molecule has 1 heterocycles. The largest absolute Gasteiger partial charge is 0.382 e. The van der Waals surface area contributed by atoms with Gasteiger partial charge in [0.25, 0.3) is 0 Å². The summed E-state index contributed by atoms with van der Waals surface area (Å²) in [6.45, 7) is 5.49. The minimum absolute atomic E-state index is 0.0351. The van der Waals surface area contributed by atoms with Crippen LogP contribution in [0.1, 0.15) is 31.9 Å². The van der Waals surface area contributed by atoms with E-state index in [9.17, 15) is 9.59 Å². The highest BCUT2D eigenvalue weighted by Gasteiger charge is 2.33. The number of aromatic nitrogens is 1. The Kier molecular flexibility index (Phi) is 5.94. The lowest BCUT2D eigenvalue weighted by Crippen LogP contribution is -2.39. The number of carbonyl (C=O) groups is 2. The summed E-state index contributed by atoms with van der Waals surface area (Å²) in [5.74, 6) is 0.879. The first-order chi connectivity index (χ1) is 10.6. The highest BCUT2D eigenvalue weighted by Crippen LogP contribution is 2.31. The quantitative estimate of drug-likeness (QED) is 0.700. The molecule has 1 aliphatic carbocycles. The van der Waals surface area contributed by atoms with E-state index >= 15 is 0 Å². The van der Waals surface area contributed by atoms with Crippen LogP contribution >= 0.6 is 0 Å². The zero-order valence-corrected chi connectivity index (χ0v) is 13.1. The Hall–Kier alpha value is -1.89. The van der Waals surface area contributed by atoms with Crippen molar-refractivity contribution < 1.29 is 18.8 Å². The molecule has 2 amide bonds. The first-order valence-electron chi connectivity index (χ1n) is 7.70. The minimum atomic E-state index is -0.265. The second-order valence-corrected chi connectivity index (χ2v) is 5.46. The van der Waals surface area contributed by atoms with E-state index in [0.717, 1.165) is 19.3 Å². The predicted octanol–water partition coefficient (Wildman–Crippen LogP) is 1.59. The highest BCUT2D eigenvalue weighted by molar-refractivity contribution is 5.94. The second kappa shape index (κ2) is 7.93. The van der Waals surface area contributed by atoms with Crippen LogP contribution in [0.4, 0.5) is 5.82 Å². The second-order valence-electron chi connectivity index (χ2n) is 5.46. The van der Waals surface area contributed by atoms with Crippen molar-refractivity contribution in [3.05, 3.63) is 11.8 Å². The molecule has 1 aliphatic rings. The van der Waals surface area contributed by atoms with Crippen LogP contribution in [0.25, 0.3) is 0 Å². The average Bonchev–Trinajstić information content (AvgIpc) is 3.25. The topological polar surface area (TPSA) is 84.7 Å². The molecular formula is C15H23N3O4. The summed E-state index contributed by atoms with van der Waals surface area (Å²) < 4.78 is 10.2. The van der Waals surface area contributed by atoms with Gasteiger partial charge in [0.05, 0.1) is 6.54 Å². The van der Waals surface area contributed by atoms with Gasteiger partial charge in [0.15, 0.2) is 5.82 Å². The molecule has 22 heavy (non-hydrogen) atoms. The van der Waals surface area contributed by atoms with Crippen LogP contribution in [0.15, 0.2) is 10.6 Å². The summed E-state index contributed by atoms with van der Waals surface area (Å²) in [6.07, 6.45) is 2.57. The van der Waals surface area contributed by atoms with Gasteiger partial charge in [-0.15, -0.1) is 0 Å². The maximum absolute atomic E-state index is 12.2. The maximum Gasteiger partial charge on any atom is 0.245 e. The van der Waals surface area contributed by atoms with E-state index in [4.69, 9.17) is 9.26 Å². The molecule has 0 aliphatic heterocycles. The van der Waals surface area contributed by atoms with Gasteiger partial charge in [-0.2, -0.15) is 0 Å². The molecule has 0 radical (unpaired) electrons. The first-order valence-corrected chi connectivity index (χ1v) is 7.70. The predicted molar refractivity (Wildman–Crippen MR) is 80.3 cm³/mol. The number of nitrogens with zero attached hydrogens (tertiary/aromatic N) is 2. The van der Waals surface area contributed by atoms with E-state index in [-0.39, 0.29) is 24.3 Å². The third-order valence-corrected chi connectivity index (χ3v) is 3.39. The Bertz CT molecular complexity index is 511. The van der Waals surface area contributed by atoms with Gasteiger partial charge in [-0.1, -0.05) is 5.16 Å². The molecule has 0 aromatic carbocycles. The smallest absolute Gasteiger partial charge is 0.245 e. The first kappa shape index (κ1) is 16.5. The number of anilines is 1. The van der Waals surface area contributed by atoms with Gasteiger partial charge >= 0.3 is 0 Å². The average molecular weight is 309 g/mol. The van der Waals surface area contributed by atoms with Crippen molar-refractivity contribution in [2.75, 3.05) is 31.6 Å². The van der Waals surface area contributed by atoms with Crippen molar-refractivity contribution >= 4 is 17.6 Å². The fraction of sp³-hybridized carbons (Fsp3) is 0.667. The van der Waals surface area contributed by atoms with Crippen LogP contribution in [0.3, 0.4) is 0 Å². The van der Waals surface area contributed by atoms with Crippen LogP contribution < -0.4 is 5.32 Å². The molecule has 1 aromatic heterocycles. The molecule has 1 aromatic rings. The molecule has 1 fully saturated rings. The third kappa shape index (κ3) is 5.14. The number of hydrogen-bond donors (Lipinski definition) is 1. The summed E-state index contributed by atoms with van der Waals surface area (Å²) in [5, 5.41) is 6.35. The summed E-state index contributed by atoms with van der Waals surface area (Å²) in [4.78, 5) is 25.9. The van der Waals surface area contributed by atoms with Crippen LogP contribution in [0, 0.1) is 12.8 Å². The zero-order valence-electron chi connectivity index (χ0n) is 13.1. The lowest BCUT2D eigenvalue weighted by Gasteiger charge is -2.21. The fourth-order valence-corrected chi connectivity index (χ4v) is 2.14. The number of amides is 2. The van der Waals surface area contributed by atoms with Crippen molar-refractivity contribution in [1.82, 2.24) is 10.1 Å². The molecule has 122 valence electrons. The number of carbonyl (C=O) groups excluding carboxylic acids is 2. The van der Waals surface area contributed by atoms with Crippen LogP contribution in [0.5, 0.6) is 0 Å².